The molecule has 1 amide bonds. The van der Waals surface area contributed by atoms with E-state index in [0.717, 1.165) is 23.6 Å². The molecule has 2 aromatic carbocycles. The van der Waals surface area contributed by atoms with Gasteiger partial charge in [0, 0.05) is 18.5 Å². The van der Waals surface area contributed by atoms with Crippen molar-refractivity contribution in [3.05, 3.63) is 54.1 Å². The van der Waals surface area contributed by atoms with Gasteiger partial charge in [-0.1, -0.05) is 44.2 Å². The third kappa shape index (κ3) is 8.41. The number of hydrogen-bond acceptors (Lipinski definition) is 7. The van der Waals surface area contributed by atoms with Crippen molar-refractivity contribution < 1.29 is 32.0 Å². The summed E-state index contributed by atoms with van der Waals surface area (Å²) < 4.78 is 41.6. The maximum atomic E-state index is 12.0. The molecular weight excluding hydrogens is 484 g/mol. The normalized spacial score (nSPS) is 19.8. The number of carbonyl (C=O) groups excluding carboxylic acids is 2. The monoisotopic (exact) mass is 520 g/mol. The van der Waals surface area contributed by atoms with Gasteiger partial charge in [-0.05, 0) is 55.2 Å². The number of nitrogens with two attached hydrogens (primary N) is 1. The molecular formula is C26H36N2O7S. The molecule has 0 fully saturated rings. The molecule has 0 heterocycles. The molecule has 1 aliphatic rings. The summed E-state index contributed by atoms with van der Waals surface area (Å²) in [5.74, 6) is -0.524. The third-order valence-electron chi connectivity index (χ3n) is 5.82. The van der Waals surface area contributed by atoms with Crippen LogP contribution in [0.1, 0.15) is 47.0 Å². The second kappa shape index (κ2) is 13.5. The van der Waals surface area contributed by atoms with Crippen molar-refractivity contribution in [1.82, 2.24) is 5.32 Å². The Kier molecular flexibility index (Phi) is 11.0. The zero-order chi connectivity index (χ0) is 26.9. The van der Waals surface area contributed by atoms with Crippen molar-refractivity contribution >= 4 is 32.8 Å². The Morgan fingerprint density at radius 3 is 2.31 bits per heavy atom. The van der Waals surface area contributed by atoms with Crippen LogP contribution in [-0.2, 0) is 29.2 Å². The van der Waals surface area contributed by atoms with Crippen LogP contribution in [0.2, 0.25) is 0 Å². The lowest BCUT2D eigenvalue weighted by atomic mass is 9.88. The van der Waals surface area contributed by atoms with E-state index in [1.807, 2.05) is 32.0 Å². The Hall–Kier alpha value is -2.79. The van der Waals surface area contributed by atoms with E-state index in [1.165, 1.54) is 19.1 Å². The van der Waals surface area contributed by atoms with Gasteiger partial charge in [-0.15, -0.1) is 0 Å². The predicted octanol–water partition coefficient (Wildman–Crippen LogP) is 3.37. The second-order valence-electron chi connectivity index (χ2n) is 8.53. The highest BCUT2D eigenvalue weighted by Crippen LogP contribution is 2.24. The number of hydrogen-bond donors (Lipinski definition) is 3. The lowest BCUT2D eigenvalue weighted by Gasteiger charge is -2.36. The molecule has 9 nitrogen and oxygen atoms in total. The number of amides is 1. The Bertz CT molecular complexity index is 1180. The van der Waals surface area contributed by atoms with Crippen molar-refractivity contribution in [3.63, 3.8) is 0 Å². The standard InChI is InChI=1S/C16H28N2O4.C10H8O3S/c1-5-12(6-2)22-14-9-11(16(20)21-7-3)8-13(17)15(14)18-10(4)19;11-14(12,13)10-6-5-8-3-1-2-4-9(8)7-10/h9,12-15H,5-8,17H2,1-4H3,(H,18,19);1-7H,(H,11,12,13)/t13-,14+,15+;/m0./s1. The molecule has 0 aliphatic heterocycles. The number of fused-ring (bicyclic) bond motifs is 1. The van der Waals surface area contributed by atoms with E-state index in [0.29, 0.717) is 18.6 Å². The number of carbonyl (C=O) groups is 2. The van der Waals surface area contributed by atoms with E-state index in [1.54, 1.807) is 25.1 Å². The number of esters is 1. The molecule has 10 heteroatoms. The maximum absolute atomic E-state index is 12.0. The summed E-state index contributed by atoms with van der Waals surface area (Å²) in [5, 5.41) is 4.58. The third-order valence-corrected chi connectivity index (χ3v) is 6.67. The molecule has 0 bridgehead atoms. The Balaban J connectivity index is 0.000000278. The average molecular weight is 521 g/mol. The number of ether oxygens (including phenoxy) is 2. The van der Waals surface area contributed by atoms with Crippen LogP contribution in [0.15, 0.2) is 59.0 Å². The molecule has 36 heavy (non-hydrogen) atoms. The SMILES string of the molecule is CCOC(=O)C1=C[C@@H](OC(CC)CC)[C@H](NC(C)=O)[C@@H](N)C1.O=S(=O)(O)c1ccc2ccccc2c1. The van der Waals surface area contributed by atoms with Crippen molar-refractivity contribution in [2.75, 3.05) is 6.61 Å². The van der Waals surface area contributed by atoms with Crippen LogP contribution in [0, 0.1) is 0 Å². The first-order chi connectivity index (χ1) is 17.0. The van der Waals surface area contributed by atoms with Crippen LogP contribution in [0.25, 0.3) is 10.8 Å². The minimum Gasteiger partial charge on any atom is -0.463 e. The zero-order valence-electron chi connectivity index (χ0n) is 21.1. The van der Waals surface area contributed by atoms with Crippen molar-refractivity contribution in [1.29, 1.82) is 0 Å². The van der Waals surface area contributed by atoms with E-state index in [4.69, 9.17) is 19.8 Å². The van der Waals surface area contributed by atoms with Gasteiger partial charge >= 0.3 is 5.97 Å². The van der Waals surface area contributed by atoms with Crippen LogP contribution in [0.3, 0.4) is 0 Å². The summed E-state index contributed by atoms with van der Waals surface area (Å²) >= 11 is 0. The van der Waals surface area contributed by atoms with E-state index >= 15 is 0 Å². The van der Waals surface area contributed by atoms with Gasteiger partial charge < -0.3 is 20.5 Å². The molecule has 0 saturated heterocycles. The molecule has 0 saturated carbocycles. The quantitative estimate of drug-likeness (QED) is 0.355. The summed E-state index contributed by atoms with van der Waals surface area (Å²) in [5.41, 5.74) is 6.68. The fourth-order valence-electron chi connectivity index (χ4n) is 3.95. The number of rotatable bonds is 8. The van der Waals surface area contributed by atoms with Crippen LogP contribution < -0.4 is 11.1 Å². The van der Waals surface area contributed by atoms with Crippen LogP contribution in [0.4, 0.5) is 0 Å². The van der Waals surface area contributed by atoms with E-state index in [2.05, 4.69) is 5.32 Å². The maximum Gasteiger partial charge on any atom is 0.333 e. The van der Waals surface area contributed by atoms with E-state index in [-0.39, 0.29) is 35.0 Å². The minimum absolute atomic E-state index is 0.0613. The zero-order valence-corrected chi connectivity index (χ0v) is 22.0. The largest absolute Gasteiger partial charge is 0.463 e. The summed E-state index contributed by atoms with van der Waals surface area (Å²) in [4.78, 5) is 23.3. The van der Waals surface area contributed by atoms with Gasteiger partial charge in [-0.3, -0.25) is 9.35 Å². The molecule has 0 spiro atoms. The van der Waals surface area contributed by atoms with Gasteiger partial charge in [0.05, 0.1) is 29.8 Å². The summed E-state index contributed by atoms with van der Waals surface area (Å²) in [7, 11) is -4.09. The van der Waals surface area contributed by atoms with Gasteiger partial charge in [0.25, 0.3) is 10.1 Å². The molecule has 1 aliphatic carbocycles. The molecule has 0 aromatic heterocycles. The summed E-state index contributed by atoms with van der Waals surface area (Å²) in [6.45, 7) is 7.62. The highest BCUT2D eigenvalue weighted by atomic mass is 32.2. The van der Waals surface area contributed by atoms with Gasteiger partial charge in [0.1, 0.15) is 0 Å². The number of benzene rings is 2. The van der Waals surface area contributed by atoms with Gasteiger partial charge in [-0.2, -0.15) is 8.42 Å². The van der Waals surface area contributed by atoms with E-state index in [9.17, 15) is 18.0 Å². The molecule has 3 atom stereocenters. The van der Waals surface area contributed by atoms with Crippen LogP contribution in [-0.4, -0.2) is 55.7 Å². The van der Waals surface area contributed by atoms with Gasteiger partial charge in [0.2, 0.25) is 5.91 Å². The van der Waals surface area contributed by atoms with E-state index < -0.39 is 16.2 Å². The smallest absolute Gasteiger partial charge is 0.333 e. The van der Waals surface area contributed by atoms with Crippen LogP contribution in [0.5, 0.6) is 0 Å². The Morgan fingerprint density at radius 2 is 1.75 bits per heavy atom. The number of nitrogens with one attached hydrogen (secondary N) is 1. The highest BCUT2D eigenvalue weighted by Gasteiger charge is 2.35. The second-order valence-corrected chi connectivity index (χ2v) is 9.95. The first-order valence-corrected chi connectivity index (χ1v) is 13.5. The first kappa shape index (κ1) is 29.4. The average Bonchev–Trinajstić information content (AvgIpc) is 2.83. The fourth-order valence-corrected chi connectivity index (χ4v) is 4.46. The van der Waals surface area contributed by atoms with Crippen LogP contribution >= 0.6 is 0 Å². The fraction of sp³-hybridized carbons (Fsp3) is 0.462. The van der Waals surface area contributed by atoms with Crippen molar-refractivity contribution in [3.8, 4) is 0 Å². The Labute approximate surface area is 212 Å². The lowest BCUT2D eigenvalue weighted by molar-refractivity contribution is -0.139. The predicted molar refractivity (Wildman–Crippen MR) is 138 cm³/mol. The highest BCUT2D eigenvalue weighted by molar-refractivity contribution is 7.85. The lowest BCUT2D eigenvalue weighted by Crippen LogP contribution is -2.57. The van der Waals surface area contributed by atoms with Crippen molar-refractivity contribution in [2.45, 2.75) is 76.1 Å². The topological polar surface area (TPSA) is 145 Å². The molecule has 0 radical (unpaired) electrons. The molecule has 0 unspecified atom stereocenters. The summed E-state index contributed by atoms with van der Waals surface area (Å²) in [6, 6.07) is 11.1. The Morgan fingerprint density at radius 1 is 1.11 bits per heavy atom. The summed E-state index contributed by atoms with van der Waals surface area (Å²) in [6.07, 6.45) is 3.48. The molecule has 2 aromatic rings. The first-order valence-electron chi connectivity index (χ1n) is 12.0. The van der Waals surface area contributed by atoms with Gasteiger partial charge in [0.15, 0.2) is 0 Å². The molecule has 3 rings (SSSR count). The van der Waals surface area contributed by atoms with Crippen molar-refractivity contribution in [2.24, 2.45) is 5.73 Å². The minimum atomic E-state index is -4.09. The molecule has 198 valence electrons. The van der Waals surface area contributed by atoms with Gasteiger partial charge in [-0.25, -0.2) is 4.79 Å². The molecule has 4 N–H and O–H groups in total.